The van der Waals surface area contributed by atoms with Gasteiger partial charge in [-0.25, -0.2) is 0 Å². The predicted molar refractivity (Wildman–Crippen MR) is 53.6 cm³/mol. The molecule has 2 heteroatoms. The molecule has 1 saturated carbocycles. The van der Waals surface area contributed by atoms with Crippen LogP contribution in [0.1, 0.15) is 19.8 Å². The average molecular weight is 253 g/mol. The number of rotatable bonds is 2. The van der Waals surface area contributed by atoms with Crippen LogP contribution in [-0.4, -0.2) is 17.5 Å². The van der Waals surface area contributed by atoms with Gasteiger partial charge < -0.3 is 5.32 Å². The highest BCUT2D eigenvalue weighted by Crippen LogP contribution is 2.35. The lowest BCUT2D eigenvalue weighted by atomic mass is 9.98. The Morgan fingerprint density at radius 1 is 1.50 bits per heavy atom. The van der Waals surface area contributed by atoms with Crippen LogP contribution in [0.4, 0.5) is 0 Å². The fraction of sp³-hybridized carbons (Fsp3) is 1.00. The first-order chi connectivity index (χ1) is 4.74. The molecule has 3 atom stereocenters. The number of halogens is 1. The number of nitrogens with one attached hydrogen (secondary N) is 1. The second kappa shape index (κ2) is 3.90. The minimum absolute atomic E-state index is 0.936. The van der Waals surface area contributed by atoms with Gasteiger partial charge in [-0.3, -0.25) is 0 Å². The predicted octanol–water partition coefficient (Wildman–Crippen LogP) is 2.06. The van der Waals surface area contributed by atoms with Crippen molar-refractivity contribution in [2.24, 2.45) is 11.8 Å². The van der Waals surface area contributed by atoms with Gasteiger partial charge in [0.05, 0.1) is 0 Å². The summed E-state index contributed by atoms with van der Waals surface area (Å²) in [5, 5.41) is 3.26. The molecule has 3 unspecified atom stereocenters. The zero-order chi connectivity index (χ0) is 7.56. The molecule has 10 heavy (non-hydrogen) atoms. The zero-order valence-electron chi connectivity index (χ0n) is 6.73. The molecule has 0 aromatic rings. The third-order valence-electron chi connectivity index (χ3n) is 2.46. The molecule has 60 valence electrons. The molecule has 0 spiro atoms. The summed E-state index contributed by atoms with van der Waals surface area (Å²) >= 11 is 2.57. The van der Waals surface area contributed by atoms with Crippen LogP contribution in [0.25, 0.3) is 0 Å². The summed E-state index contributed by atoms with van der Waals surface area (Å²) in [4.78, 5) is 0. The number of alkyl halides is 1. The third kappa shape index (κ3) is 2.09. The monoisotopic (exact) mass is 253 g/mol. The maximum atomic E-state index is 3.26. The normalized spacial score (nSPS) is 40.5. The average Bonchev–Trinajstić information content (AvgIpc) is 2.13. The molecule has 0 aromatic carbocycles. The molecule has 0 amide bonds. The summed E-state index contributed by atoms with van der Waals surface area (Å²) in [6.07, 6.45) is 2.84. The van der Waals surface area contributed by atoms with Crippen molar-refractivity contribution in [3.63, 3.8) is 0 Å². The smallest absolute Gasteiger partial charge is 0.0115 e. The van der Waals surface area contributed by atoms with Crippen molar-refractivity contribution in [1.29, 1.82) is 0 Å². The van der Waals surface area contributed by atoms with Gasteiger partial charge in [0.25, 0.3) is 0 Å². The van der Waals surface area contributed by atoms with E-state index in [1.807, 2.05) is 7.05 Å². The largest absolute Gasteiger partial charge is 0.319 e. The Balaban J connectivity index is 2.31. The Labute approximate surface area is 77.1 Å². The van der Waals surface area contributed by atoms with Gasteiger partial charge in [0, 0.05) is 3.92 Å². The minimum atomic E-state index is 0.936. The molecule has 1 N–H and O–H groups in total. The SMILES string of the molecule is CNCC1CC(I)CC1C. The first-order valence-electron chi connectivity index (χ1n) is 4.02. The first kappa shape index (κ1) is 8.78. The van der Waals surface area contributed by atoms with Crippen LogP contribution in [0.15, 0.2) is 0 Å². The molecule has 1 fully saturated rings. The van der Waals surface area contributed by atoms with E-state index in [-0.39, 0.29) is 0 Å². The van der Waals surface area contributed by atoms with Crippen LogP contribution < -0.4 is 5.32 Å². The van der Waals surface area contributed by atoms with Crippen molar-refractivity contribution in [3.8, 4) is 0 Å². The lowest BCUT2D eigenvalue weighted by Crippen LogP contribution is -2.20. The van der Waals surface area contributed by atoms with Crippen molar-refractivity contribution in [2.45, 2.75) is 23.7 Å². The first-order valence-corrected chi connectivity index (χ1v) is 5.27. The topological polar surface area (TPSA) is 12.0 Å². The second-order valence-electron chi connectivity index (χ2n) is 3.36. The van der Waals surface area contributed by atoms with E-state index in [0.29, 0.717) is 0 Å². The highest BCUT2D eigenvalue weighted by Gasteiger charge is 2.28. The van der Waals surface area contributed by atoms with Crippen LogP contribution >= 0.6 is 22.6 Å². The fourth-order valence-corrected chi connectivity index (χ4v) is 3.25. The van der Waals surface area contributed by atoms with Crippen LogP contribution in [0.2, 0.25) is 0 Å². The van der Waals surface area contributed by atoms with Crippen molar-refractivity contribution in [1.82, 2.24) is 5.32 Å². The van der Waals surface area contributed by atoms with Crippen molar-refractivity contribution in [3.05, 3.63) is 0 Å². The van der Waals surface area contributed by atoms with Gasteiger partial charge in [0.2, 0.25) is 0 Å². The van der Waals surface area contributed by atoms with Crippen LogP contribution in [0, 0.1) is 11.8 Å². The second-order valence-corrected chi connectivity index (χ2v) is 5.13. The summed E-state index contributed by atoms with van der Waals surface area (Å²) in [7, 11) is 2.05. The van der Waals surface area contributed by atoms with Gasteiger partial charge in [0.15, 0.2) is 0 Å². The molecule has 0 bridgehead atoms. The highest BCUT2D eigenvalue weighted by atomic mass is 127. The van der Waals surface area contributed by atoms with Gasteiger partial charge in [0.1, 0.15) is 0 Å². The minimum Gasteiger partial charge on any atom is -0.319 e. The molecule has 1 aliphatic carbocycles. The van der Waals surface area contributed by atoms with Crippen molar-refractivity contribution >= 4 is 22.6 Å². The third-order valence-corrected chi connectivity index (χ3v) is 3.47. The summed E-state index contributed by atoms with van der Waals surface area (Å²) in [6.45, 7) is 3.58. The van der Waals surface area contributed by atoms with Crippen LogP contribution in [-0.2, 0) is 0 Å². The van der Waals surface area contributed by atoms with Crippen molar-refractivity contribution < 1.29 is 0 Å². The molecule has 0 aliphatic heterocycles. The molecule has 1 aliphatic rings. The summed E-state index contributed by atoms with van der Waals surface area (Å²) in [5.41, 5.74) is 0. The van der Waals surface area contributed by atoms with Gasteiger partial charge in [-0.15, -0.1) is 0 Å². The van der Waals surface area contributed by atoms with Gasteiger partial charge >= 0.3 is 0 Å². The molecule has 0 radical (unpaired) electrons. The fourth-order valence-electron chi connectivity index (χ4n) is 1.80. The summed E-state index contributed by atoms with van der Waals surface area (Å²) in [6, 6.07) is 0. The molecule has 1 rings (SSSR count). The van der Waals surface area contributed by atoms with E-state index >= 15 is 0 Å². The maximum Gasteiger partial charge on any atom is 0.0115 e. The van der Waals surface area contributed by atoms with E-state index in [2.05, 4.69) is 34.8 Å². The van der Waals surface area contributed by atoms with Crippen LogP contribution in [0.3, 0.4) is 0 Å². The molecule has 0 heterocycles. The van der Waals surface area contributed by atoms with E-state index in [9.17, 15) is 0 Å². The van der Waals surface area contributed by atoms with Gasteiger partial charge in [-0.1, -0.05) is 29.5 Å². The molecule has 0 aromatic heterocycles. The Morgan fingerprint density at radius 2 is 2.20 bits per heavy atom. The highest BCUT2D eigenvalue weighted by molar-refractivity contribution is 14.1. The molecule has 1 nitrogen and oxygen atoms in total. The summed E-state index contributed by atoms with van der Waals surface area (Å²) in [5.74, 6) is 1.88. The van der Waals surface area contributed by atoms with Crippen molar-refractivity contribution in [2.75, 3.05) is 13.6 Å². The van der Waals surface area contributed by atoms with Crippen LogP contribution in [0.5, 0.6) is 0 Å². The summed E-state index contributed by atoms with van der Waals surface area (Å²) < 4.78 is 0.936. The van der Waals surface area contributed by atoms with Gasteiger partial charge in [-0.05, 0) is 38.3 Å². The standard InChI is InChI=1S/C8H16IN/c1-6-3-8(9)4-7(6)5-10-2/h6-8,10H,3-5H2,1-2H3. The zero-order valence-corrected chi connectivity index (χ0v) is 8.89. The maximum absolute atomic E-state index is 3.26. The van der Waals surface area contributed by atoms with E-state index in [1.165, 1.54) is 19.4 Å². The lowest BCUT2D eigenvalue weighted by Gasteiger charge is -2.13. The molecule has 0 saturated heterocycles. The number of hydrogen-bond donors (Lipinski definition) is 1. The Bertz CT molecular complexity index is 105. The quantitative estimate of drug-likeness (QED) is 0.586. The lowest BCUT2D eigenvalue weighted by molar-refractivity contribution is 0.405. The Hall–Kier alpha value is 0.690. The van der Waals surface area contributed by atoms with E-state index in [0.717, 1.165) is 15.8 Å². The van der Waals surface area contributed by atoms with E-state index < -0.39 is 0 Å². The van der Waals surface area contributed by atoms with Gasteiger partial charge in [-0.2, -0.15) is 0 Å². The molecular formula is C8H16IN. The number of hydrogen-bond acceptors (Lipinski definition) is 1. The molecular weight excluding hydrogens is 237 g/mol. The van der Waals surface area contributed by atoms with E-state index in [4.69, 9.17) is 0 Å². The Kier molecular flexibility index (Phi) is 3.43. The Morgan fingerprint density at radius 3 is 2.60 bits per heavy atom. The van der Waals surface area contributed by atoms with E-state index in [1.54, 1.807) is 0 Å².